The molecule has 0 fully saturated rings. The van der Waals surface area contributed by atoms with Crippen LogP contribution in [0.2, 0.25) is 0 Å². The molecule has 4 heteroatoms. The lowest BCUT2D eigenvalue weighted by molar-refractivity contribution is 0.970. The second-order valence-corrected chi connectivity index (χ2v) is 6.24. The summed E-state index contributed by atoms with van der Waals surface area (Å²) in [5.74, 6) is 0. The highest BCUT2D eigenvalue weighted by atomic mass is 79.9. The summed E-state index contributed by atoms with van der Waals surface area (Å²) in [6.07, 6.45) is 3.01. The number of aromatic nitrogens is 1. The monoisotopic (exact) mass is 287 g/mol. The number of aryl methyl sites for hydroxylation is 1. The highest BCUT2D eigenvalue weighted by molar-refractivity contribution is 9.09. The van der Waals surface area contributed by atoms with Crippen LogP contribution in [0.25, 0.3) is 0 Å². The Morgan fingerprint density at radius 2 is 2.43 bits per heavy atom. The fraction of sp³-hybridized carbons (Fsp3) is 0.300. The van der Waals surface area contributed by atoms with E-state index in [0.717, 1.165) is 11.4 Å². The molecule has 0 amide bonds. The molecule has 14 heavy (non-hydrogen) atoms. The average Bonchev–Trinajstić information content (AvgIpc) is 2.75. The van der Waals surface area contributed by atoms with E-state index in [2.05, 4.69) is 37.7 Å². The number of halogens is 1. The molecule has 2 heterocycles. The van der Waals surface area contributed by atoms with Gasteiger partial charge in [0.25, 0.3) is 0 Å². The minimum absolute atomic E-state index is 0.406. The van der Waals surface area contributed by atoms with Gasteiger partial charge in [0.15, 0.2) is 0 Å². The van der Waals surface area contributed by atoms with Crippen LogP contribution in [-0.4, -0.2) is 4.98 Å². The Morgan fingerprint density at radius 3 is 3.00 bits per heavy atom. The predicted octanol–water partition coefficient (Wildman–Crippen LogP) is 4.19. The quantitative estimate of drug-likeness (QED) is 0.772. The van der Waals surface area contributed by atoms with Crippen molar-refractivity contribution in [2.75, 3.05) is 0 Å². The van der Waals surface area contributed by atoms with Crippen LogP contribution in [0.5, 0.6) is 0 Å². The van der Waals surface area contributed by atoms with Crippen molar-refractivity contribution in [3.8, 4) is 0 Å². The molecule has 0 N–H and O–H groups in total. The number of rotatable bonds is 3. The average molecular weight is 288 g/mol. The molecule has 0 aromatic carbocycles. The summed E-state index contributed by atoms with van der Waals surface area (Å²) >= 11 is 7.21. The van der Waals surface area contributed by atoms with E-state index in [0.29, 0.717) is 4.83 Å². The Labute approximate surface area is 100.0 Å². The van der Waals surface area contributed by atoms with Crippen LogP contribution in [0.4, 0.5) is 0 Å². The molecule has 1 atom stereocenters. The van der Waals surface area contributed by atoms with Crippen molar-refractivity contribution in [3.63, 3.8) is 0 Å². The summed E-state index contributed by atoms with van der Waals surface area (Å²) in [6, 6.07) is 2.17. The van der Waals surface area contributed by atoms with E-state index in [9.17, 15) is 0 Å². The van der Waals surface area contributed by atoms with Crippen molar-refractivity contribution in [1.29, 1.82) is 0 Å². The van der Waals surface area contributed by atoms with Crippen LogP contribution in [0.1, 0.15) is 20.3 Å². The minimum Gasteiger partial charge on any atom is -0.250 e. The zero-order chi connectivity index (χ0) is 9.97. The third-order valence-corrected chi connectivity index (χ3v) is 4.82. The summed E-state index contributed by atoms with van der Waals surface area (Å²) in [5, 5.41) is 5.45. The number of hydrogen-bond acceptors (Lipinski definition) is 3. The Hall–Kier alpha value is -0.190. The minimum atomic E-state index is 0.406. The van der Waals surface area contributed by atoms with Gasteiger partial charge in [-0.3, -0.25) is 0 Å². The number of hydrogen-bond donors (Lipinski definition) is 0. The first-order valence-electron chi connectivity index (χ1n) is 4.33. The van der Waals surface area contributed by atoms with Crippen LogP contribution in [-0.2, 0) is 6.42 Å². The molecule has 0 aliphatic rings. The maximum atomic E-state index is 4.26. The van der Waals surface area contributed by atoms with Crippen LogP contribution in [0.3, 0.4) is 0 Å². The second kappa shape index (κ2) is 4.55. The second-order valence-electron chi connectivity index (χ2n) is 3.08. The van der Waals surface area contributed by atoms with E-state index < -0.39 is 0 Å². The largest absolute Gasteiger partial charge is 0.250 e. The fourth-order valence-corrected chi connectivity index (χ4v) is 3.46. The van der Waals surface area contributed by atoms with Gasteiger partial charge in [-0.15, -0.1) is 11.3 Å². The number of nitrogens with zero attached hydrogens (tertiary/aromatic N) is 1. The molecule has 0 aliphatic heterocycles. The molecule has 0 aliphatic carbocycles. The first-order valence-corrected chi connectivity index (χ1v) is 7.00. The third-order valence-electron chi connectivity index (χ3n) is 1.94. The molecule has 0 spiro atoms. The molecular formula is C10H10BrNS2. The zero-order valence-corrected chi connectivity index (χ0v) is 11.0. The topological polar surface area (TPSA) is 12.9 Å². The first-order chi connectivity index (χ1) is 6.75. The van der Waals surface area contributed by atoms with Gasteiger partial charge in [0.1, 0.15) is 0 Å². The highest BCUT2D eigenvalue weighted by Gasteiger charge is 2.11. The van der Waals surface area contributed by atoms with Crippen molar-refractivity contribution in [2.45, 2.75) is 18.2 Å². The smallest absolute Gasteiger partial charge is 0.0897 e. The lowest BCUT2D eigenvalue weighted by Gasteiger charge is -2.04. The lowest BCUT2D eigenvalue weighted by Crippen LogP contribution is -1.90. The van der Waals surface area contributed by atoms with Crippen LogP contribution >= 0.6 is 38.6 Å². The van der Waals surface area contributed by atoms with Crippen molar-refractivity contribution >= 4 is 38.6 Å². The van der Waals surface area contributed by atoms with Gasteiger partial charge in [-0.05, 0) is 35.7 Å². The number of alkyl halides is 1. The van der Waals surface area contributed by atoms with Gasteiger partial charge in [-0.1, -0.05) is 15.9 Å². The van der Waals surface area contributed by atoms with E-state index >= 15 is 0 Å². The van der Waals surface area contributed by atoms with Crippen molar-refractivity contribution in [2.24, 2.45) is 0 Å². The maximum Gasteiger partial charge on any atom is 0.0897 e. The van der Waals surface area contributed by atoms with Crippen LogP contribution < -0.4 is 0 Å². The summed E-state index contributed by atoms with van der Waals surface area (Å²) in [4.78, 5) is 5.98. The number of thiazole rings is 1. The van der Waals surface area contributed by atoms with Gasteiger partial charge in [-0.25, -0.2) is 4.98 Å². The SMILES string of the molecule is Cc1ncc(C(Br)Cc2ccsc2)s1. The van der Waals surface area contributed by atoms with Gasteiger partial charge in [0.05, 0.1) is 9.83 Å². The van der Waals surface area contributed by atoms with Gasteiger partial charge < -0.3 is 0 Å². The molecule has 0 saturated carbocycles. The third kappa shape index (κ3) is 2.43. The Kier molecular flexibility index (Phi) is 3.36. The summed E-state index contributed by atoms with van der Waals surface area (Å²) in [6.45, 7) is 2.04. The fourth-order valence-electron chi connectivity index (χ4n) is 1.24. The van der Waals surface area contributed by atoms with Crippen molar-refractivity contribution in [1.82, 2.24) is 4.98 Å². The van der Waals surface area contributed by atoms with Crippen molar-refractivity contribution in [3.05, 3.63) is 38.5 Å². The van der Waals surface area contributed by atoms with E-state index in [1.165, 1.54) is 10.4 Å². The maximum absolute atomic E-state index is 4.26. The normalized spacial score (nSPS) is 13.0. The molecule has 2 aromatic heterocycles. The molecule has 1 unspecified atom stereocenters. The Morgan fingerprint density at radius 1 is 1.57 bits per heavy atom. The molecule has 2 aromatic rings. The zero-order valence-electron chi connectivity index (χ0n) is 7.74. The molecule has 74 valence electrons. The molecular weight excluding hydrogens is 278 g/mol. The van der Waals surface area contributed by atoms with E-state index in [1.807, 2.05) is 13.1 Å². The molecule has 0 bridgehead atoms. The van der Waals surface area contributed by atoms with Gasteiger partial charge in [0.2, 0.25) is 0 Å². The molecule has 0 saturated heterocycles. The molecule has 1 nitrogen and oxygen atoms in total. The van der Waals surface area contributed by atoms with E-state index in [4.69, 9.17) is 0 Å². The highest BCUT2D eigenvalue weighted by Crippen LogP contribution is 2.31. The summed E-state index contributed by atoms with van der Waals surface area (Å²) in [7, 11) is 0. The van der Waals surface area contributed by atoms with Crippen LogP contribution in [0, 0.1) is 6.92 Å². The predicted molar refractivity (Wildman–Crippen MR) is 66.5 cm³/mol. The lowest BCUT2D eigenvalue weighted by atomic mass is 10.2. The van der Waals surface area contributed by atoms with Crippen LogP contribution in [0.15, 0.2) is 23.0 Å². The van der Waals surface area contributed by atoms with Gasteiger partial charge in [-0.2, -0.15) is 11.3 Å². The molecule has 2 rings (SSSR count). The summed E-state index contributed by atoms with van der Waals surface area (Å²) in [5.41, 5.74) is 1.39. The van der Waals surface area contributed by atoms with Gasteiger partial charge >= 0.3 is 0 Å². The van der Waals surface area contributed by atoms with E-state index in [-0.39, 0.29) is 0 Å². The van der Waals surface area contributed by atoms with Crippen molar-refractivity contribution < 1.29 is 0 Å². The molecule has 0 radical (unpaired) electrons. The Bertz CT molecular complexity index is 394. The Balaban J connectivity index is 2.06. The first kappa shape index (κ1) is 10.3. The summed E-state index contributed by atoms with van der Waals surface area (Å²) < 4.78 is 0. The number of thiophene rings is 1. The van der Waals surface area contributed by atoms with E-state index in [1.54, 1.807) is 22.7 Å². The van der Waals surface area contributed by atoms with Gasteiger partial charge in [0, 0.05) is 11.1 Å². The standard InChI is InChI=1S/C10H10BrNS2/c1-7-12-5-10(14-7)9(11)4-8-2-3-13-6-8/h2-3,5-6,9H,4H2,1H3.